The first kappa shape index (κ1) is 22.1. The topological polar surface area (TPSA) is 53.1 Å². The monoisotopic (exact) mass is 433 g/mol. The number of likely N-dealkylation sites (N-methyl/N-ethyl adjacent to an activating group) is 1. The lowest BCUT2D eigenvalue weighted by Gasteiger charge is -2.36. The van der Waals surface area contributed by atoms with Crippen molar-refractivity contribution in [2.45, 2.75) is 33.8 Å². The highest BCUT2D eigenvalue weighted by Crippen LogP contribution is 2.35. The van der Waals surface area contributed by atoms with Crippen LogP contribution in [0.5, 0.6) is 5.75 Å². The molecule has 0 bridgehead atoms. The van der Waals surface area contributed by atoms with Gasteiger partial charge in [0, 0.05) is 26.2 Å². The fourth-order valence-corrected chi connectivity index (χ4v) is 4.26. The predicted octanol–water partition coefficient (Wildman–Crippen LogP) is 3.70. The van der Waals surface area contributed by atoms with Crippen LogP contribution in [0.1, 0.15) is 31.9 Å². The molecule has 2 amide bonds. The third kappa shape index (κ3) is 4.28. The first-order valence-corrected chi connectivity index (χ1v) is 11.3. The Morgan fingerprint density at radius 3 is 2.06 bits per heavy atom. The van der Waals surface area contributed by atoms with Gasteiger partial charge in [-0.3, -0.25) is 9.59 Å². The molecular formula is C26H31N3O3. The molecule has 6 nitrogen and oxygen atoms in total. The van der Waals surface area contributed by atoms with Gasteiger partial charge in [0.15, 0.2) is 0 Å². The van der Waals surface area contributed by atoms with Gasteiger partial charge in [0.1, 0.15) is 11.4 Å². The standard InChI is InChI=1S/C26H31N3O3/c1-5-27-14-16-28(17-15-27)24-23(20-8-6-19(4)7-9-20)25(30)29(26(24)31)21-10-12-22(13-11-21)32-18(2)3/h6-13,18H,5,14-17H2,1-4H3. The van der Waals surface area contributed by atoms with E-state index in [4.69, 9.17) is 4.74 Å². The van der Waals surface area contributed by atoms with Gasteiger partial charge in [0.25, 0.3) is 11.8 Å². The largest absolute Gasteiger partial charge is 0.491 e. The minimum atomic E-state index is -0.274. The Labute approximate surface area is 190 Å². The van der Waals surface area contributed by atoms with Crippen molar-refractivity contribution in [3.05, 3.63) is 65.4 Å². The number of carbonyl (C=O) groups excluding carboxylic acids is 2. The van der Waals surface area contributed by atoms with Gasteiger partial charge in [-0.15, -0.1) is 0 Å². The van der Waals surface area contributed by atoms with Crippen molar-refractivity contribution in [1.29, 1.82) is 0 Å². The van der Waals surface area contributed by atoms with Crippen LogP contribution in [-0.4, -0.2) is 60.4 Å². The van der Waals surface area contributed by atoms with Crippen LogP contribution in [0.2, 0.25) is 0 Å². The Kier molecular flexibility index (Phi) is 6.33. The zero-order chi connectivity index (χ0) is 22.8. The second-order valence-corrected chi connectivity index (χ2v) is 8.62. The molecule has 2 aliphatic heterocycles. The summed E-state index contributed by atoms with van der Waals surface area (Å²) in [7, 11) is 0. The Hall–Kier alpha value is -3.12. The Morgan fingerprint density at radius 1 is 0.875 bits per heavy atom. The molecule has 0 spiro atoms. The van der Waals surface area contributed by atoms with E-state index in [-0.39, 0.29) is 17.9 Å². The maximum atomic E-state index is 13.6. The van der Waals surface area contributed by atoms with Crippen molar-refractivity contribution < 1.29 is 14.3 Å². The SMILES string of the molecule is CCN1CCN(C2=C(c3ccc(C)cc3)C(=O)N(c3ccc(OC(C)C)cc3)C2=O)CC1. The Balaban J connectivity index is 1.70. The maximum Gasteiger partial charge on any atom is 0.282 e. The van der Waals surface area contributed by atoms with Crippen molar-refractivity contribution in [3.63, 3.8) is 0 Å². The van der Waals surface area contributed by atoms with Crippen molar-refractivity contribution in [1.82, 2.24) is 9.80 Å². The lowest BCUT2D eigenvalue weighted by molar-refractivity contribution is -0.120. The van der Waals surface area contributed by atoms with Crippen LogP contribution in [0.15, 0.2) is 54.2 Å². The molecule has 0 aliphatic carbocycles. The molecule has 0 unspecified atom stereocenters. The number of anilines is 1. The Bertz CT molecular complexity index is 1020. The van der Waals surface area contributed by atoms with E-state index in [1.165, 1.54) is 4.90 Å². The second kappa shape index (κ2) is 9.17. The summed E-state index contributed by atoms with van der Waals surface area (Å²) in [5.74, 6) is 0.183. The summed E-state index contributed by atoms with van der Waals surface area (Å²) in [6.07, 6.45) is 0.0547. The number of hydrogen-bond acceptors (Lipinski definition) is 5. The van der Waals surface area contributed by atoms with Crippen molar-refractivity contribution >= 4 is 23.1 Å². The molecule has 6 heteroatoms. The number of ether oxygens (including phenoxy) is 1. The fourth-order valence-electron chi connectivity index (χ4n) is 4.26. The van der Waals surface area contributed by atoms with Crippen LogP contribution in [0.4, 0.5) is 5.69 Å². The highest BCUT2D eigenvalue weighted by atomic mass is 16.5. The number of piperazine rings is 1. The summed E-state index contributed by atoms with van der Waals surface area (Å²) in [5, 5.41) is 0. The van der Waals surface area contributed by atoms with E-state index in [0.29, 0.717) is 22.7 Å². The van der Waals surface area contributed by atoms with Gasteiger partial charge in [-0.1, -0.05) is 36.8 Å². The lowest BCUT2D eigenvalue weighted by Crippen LogP contribution is -2.47. The quantitative estimate of drug-likeness (QED) is 0.650. The van der Waals surface area contributed by atoms with Crippen molar-refractivity contribution in [2.24, 2.45) is 0 Å². The number of benzene rings is 2. The summed E-state index contributed by atoms with van der Waals surface area (Å²) in [6.45, 7) is 12.3. The molecule has 0 radical (unpaired) electrons. The molecule has 4 rings (SSSR count). The van der Waals surface area contributed by atoms with Gasteiger partial charge in [0.05, 0.1) is 17.4 Å². The maximum absolute atomic E-state index is 13.6. The summed E-state index contributed by atoms with van der Waals surface area (Å²) in [5.41, 5.74) is 3.45. The highest BCUT2D eigenvalue weighted by Gasteiger charge is 2.43. The molecule has 0 N–H and O–H groups in total. The normalized spacial score (nSPS) is 17.7. The van der Waals surface area contributed by atoms with Gasteiger partial charge < -0.3 is 14.5 Å². The average molecular weight is 434 g/mol. The van der Waals surface area contributed by atoms with Gasteiger partial charge in [-0.25, -0.2) is 4.90 Å². The second-order valence-electron chi connectivity index (χ2n) is 8.62. The molecule has 0 saturated carbocycles. The molecule has 168 valence electrons. The number of aryl methyl sites for hydroxylation is 1. The molecule has 2 aromatic rings. The summed E-state index contributed by atoms with van der Waals surface area (Å²) in [4.78, 5) is 33.0. The van der Waals surface area contributed by atoms with E-state index in [9.17, 15) is 9.59 Å². The predicted molar refractivity (Wildman–Crippen MR) is 126 cm³/mol. The third-order valence-electron chi connectivity index (χ3n) is 6.00. The first-order valence-electron chi connectivity index (χ1n) is 11.3. The van der Waals surface area contributed by atoms with Gasteiger partial charge in [0.2, 0.25) is 0 Å². The number of rotatable bonds is 6. The molecular weight excluding hydrogens is 402 g/mol. The number of hydrogen-bond donors (Lipinski definition) is 0. The zero-order valence-corrected chi connectivity index (χ0v) is 19.3. The van der Waals surface area contributed by atoms with E-state index in [1.54, 1.807) is 24.3 Å². The Morgan fingerprint density at radius 2 is 1.50 bits per heavy atom. The van der Waals surface area contributed by atoms with E-state index in [0.717, 1.165) is 43.9 Å². The molecule has 32 heavy (non-hydrogen) atoms. The van der Waals surface area contributed by atoms with Gasteiger partial charge >= 0.3 is 0 Å². The van der Waals surface area contributed by atoms with Gasteiger partial charge in [-0.2, -0.15) is 0 Å². The van der Waals surface area contributed by atoms with E-state index < -0.39 is 0 Å². The number of amides is 2. The molecule has 1 fully saturated rings. The number of imide groups is 1. The minimum absolute atomic E-state index is 0.0547. The zero-order valence-electron chi connectivity index (χ0n) is 19.3. The van der Waals surface area contributed by atoms with E-state index in [2.05, 4.69) is 16.7 Å². The van der Waals surface area contributed by atoms with Crippen LogP contribution in [0.3, 0.4) is 0 Å². The summed E-state index contributed by atoms with van der Waals surface area (Å²) >= 11 is 0. The molecule has 1 saturated heterocycles. The minimum Gasteiger partial charge on any atom is -0.491 e. The molecule has 2 heterocycles. The van der Waals surface area contributed by atoms with Crippen LogP contribution in [0.25, 0.3) is 5.57 Å². The van der Waals surface area contributed by atoms with E-state index >= 15 is 0 Å². The van der Waals surface area contributed by atoms with Crippen molar-refractivity contribution in [3.8, 4) is 5.75 Å². The van der Waals surface area contributed by atoms with Crippen LogP contribution in [-0.2, 0) is 9.59 Å². The molecule has 0 aromatic heterocycles. The van der Waals surface area contributed by atoms with Crippen LogP contribution in [0, 0.1) is 6.92 Å². The van der Waals surface area contributed by atoms with E-state index in [1.807, 2.05) is 45.0 Å². The fraction of sp³-hybridized carbons (Fsp3) is 0.385. The summed E-state index contributed by atoms with van der Waals surface area (Å²) in [6, 6.07) is 15.0. The van der Waals surface area contributed by atoms with Crippen LogP contribution >= 0.6 is 0 Å². The first-order chi connectivity index (χ1) is 15.4. The highest BCUT2D eigenvalue weighted by molar-refractivity contribution is 6.45. The third-order valence-corrected chi connectivity index (χ3v) is 6.00. The number of carbonyl (C=O) groups is 2. The smallest absolute Gasteiger partial charge is 0.282 e. The van der Waals surface area contributed by atoms with Crippen molar-refractivity contribution in [2.75, 3.05) is 37.6 Å². The molecule has 2 aliphatic rings. The summed E-state index contributed by atoms with van der Waals surface area (Å²) < 4.78 is 5.71. The van der Waals surface area contributed by atoms with Crippen LogP contribution < -0.4 is 9.64 Å². The number of nitrogens with zero attached hydrogens (tertiary/aromatic N) is 3. The van der Waals surface area contributed by atoms with Gasteiger partial charge in [-0.05, 0) is 57.1 Å². The average Bonchev–Trinajstić information content (AvgIpc) is 3.05. The lowest BCUT2D eigenvalue weighted by atomic mass is 10.0. The molecule has 2 aromatic carbocycles. The molecule has 0 atom stereocenters.